The van der Waals surface area contributed by atoms with Crippen LogP contribution in [0.3, 0.4) is 0 Å². The first kappa shape index (κ1) is 16.6. The Morgan fingerprint density at radius 1 is 1.43 bits per heavy atom. The molecular weight excluding hydrogens is 274 g/mol. The second-order valence-corrected chi connectivity index (χ2v) is 4.66. The molecule has 0 saturated heterocycles. The van der Waals surface area contributed by atoms with E-state index in [1.807, 2.05) is 0 Å². The Bertz CT molecular complexity index is 545. The average molecular weight is 293 g/mol. The minimum absolute atomic E-state index is 0.0991. The van der Waals surface area contributed by atoms with Gasteiger partial charge < -0.3 is 15.3 Å². The van der Waals surface area contributed by atoms with Crippen molar-refractivity contribution in [1.82, 2.24) is 15.2 Å². The summed E-state index contributed by atoms with van der Waals surface area (Å²) in [5.74, 6) is -1.81. The number of aromatic nitrogens is 1. The van der Waals surface area contributed by atoms with Crippen molar-refractivity contribution in [2.24, 2.45) is 0 Å². The number of aliphatic carboxylic acids is 1. The molecule has 0 aromatic carbocycles. The van der Waals surface area contributed by atoms with Gasteiger partial charge in [-0.2, -0.15) is 0 Å². The van der Waals surface area contributed by atoms with Crippen LogP contribution in [0.4, 0.5) is 0 Å². The molecule has 0 aliphatic rings. The number of amides is 2. The summed E-state index contributed by atoms with van der Waals surface area (Å²) in [6.45, 7) is 4.80. The van der Waals surface area contributed by atoms with Crippen LogP contribution < -0.4 is 5.32 Å². The first-order chi connectivity index (χ1) is 9.84. The lowest BCUT2D eigenvalue weighted by molar-refractivity contribution is -0.141. The van der Waals surface area contributed by atoms with E-state index in [2.05, 4.69) is 10.3 Å². The van der Waals surface area contributed by atoms with E-state index in [9.17, 15) is 14.4 Å². The topological polar surface area (TPSA) is 99.6 Å². The van der Waals surface area contributed by atoms with Crippen molar-refractivity contribution in [3.05, 3.63) is 29.6 Å². The zero-order valence-corrected chi connectivity index (χ0v) is 12.3. The summed E-state index contributed by atoms with van der Waals surface area (Å²) in [4.78, 5) is 39.7. The maximum absolute atomic E-state index is 12.5. The van der Waals surface area contributed by atoms with Crippen molar-refractivity contribution in [1.29, 1.82) is 0 Å². The molecule has 1 heterocycles. The van der Waals surface area contributed by atoms with Crippen molar-refractivity contribution in [2.75, 3.05) is 13.1 Å². The molecule has 0 radical (unpaired) electrons. The molecule has 1 aromatic rings. The van der Waals surface area contributed by atoms with Gasteiger partial charge in [-0.1, -0.05) is 6.07 Å². The first-order valence-corrected chi connectivity index (χ1v) is 6.54. The molecule has 1 unspecified atom stereocenters. The van der Waals surface area contributed by atoms with E-state index in [1.165, 1.54) is 24.9 Å². The third-order valence-corrected chi connectivity index (χ3v) is 3.02. The fourth-order valence-electron chi connectivity index (χ4n) is 1.80. The van der Waals surface area contributed by atoms with Gasteiger partial charge in [0.2, 0.25) is 5.91 Å². The summed E-state index contributed by atoms with van der Waals surface area (Å²) in [5.41, 5.74) is 0.887. The number of carbonyl (C=O) groups excluding carboxylic acids is 2. The highest BCUT2D eigenvalue weighted by molar-refractivity contribution is 5.96. The Morgan fingerprint density at radius 2 is 2.10 bits per heavy atom. The molecule has 0 spiro atoms. The van der Waals surface area contributed by atoms with E-state index in [4.69, 9.17) is 5.11 Å². The highest BCUT2D eigenvalue weighted by Gasteiger charge is 2.27. The van der Waals surface area contributed by atoms with Crippen molar-refractivity contribution in [2.45, 2.75) is 26.8 Å². The van der Waals surface area contributed by atoms with Gasteiger partial charge in [0.1, 0.15) is 11.7 Å². The standard InChI is InChI=1S/C14H19N3O4/c1-9-5-4-6-16-12(9)13(19)17(10(2)14(20)21)8-7-15-11(3)18/h4-6,10H,7-8H2,1-3H3,(H,15,18)(H,20,21). The summed E-state index contributed by atoms with van der Waals surface area (Å²) >= 11 is 0. The van der Waals surface area contributed by atoms with Gasteiger partial charge >= 0.3 is 5.97 Å². The summed E-state index contributed by atoms with van der Waals surface area (Å²) < 4.78 is 0. The van der Waals surface area contributed by atoms with Crippen LogP contribution in [-0.2, 0) is 9.59 Å². The number of carbonyl (C=O) groups is 3. The Balaban J connectivity index is 2.95. The Labute approximate surface area is 123 Å². The molecule has 7 heteroatoms. The molecule has 0 bridgehead atoms. The van der Waals surface area contributed by atoms with Gasteiger partial charge in [-0.05, 0) is 25.5 Å². The van der Waals surface area contributed by atoms with E-state index in [0.29, 0.717) is 5.56 Å². The third-order valence-electron chi connectivity index (χ3n) is 3.02. The van der Waals surface area contributed by atoms with Gasteiger partial charge in [0.15, 0.2) is 0 Å². The lowest BCUT2D eigenvalue weighted by Crippen LogP contribution is -2.47. The first-order valence-electron chi connectivity index (χ1n) is 6.54. The Morgan fingerprint density at radius 3 is 2.62 bits per heavy atom. The lowest BCUT2D eigenvalue weighted by Gasteiger charge is -2.26. The lowest BCUT2D eigenvalue weighted by atomic mass is 10.1. The van der Waals surface area contributed by atoms with Crippen LogP contribution in [0.5, 0.6) is 0 Å². The Kier molecular flexibility index (Phi) is 5.83. The molecule has 114 valence electrons. The summed E-state index contributed by atoms with van der Waals surface area (Å²) in [6.07, 6.45) is 1.48. The highest BCUT2D eigenvalue weighted by Crippen LogP contribution is 2.10. The van der Waals surface area contributed by atoms with Crippen molar-refractivity contribution in [3.8, 4) is 0 Å². The molecule has 1 aromatic heterocycles. The molecule has 21 heavy (non-hydrogen) atoms. The number of rotatable bonds is 6. The van der Waals surface area contributed by atoms with Crippen molar-refractivity contribution < 1.29 is 19.5 Å². The predicted octanol–water partition coefficient (Wildman–Crippen LogP) is 0.441. The molecule has 0 aliphatic carbocycles. The van der Waals surface area contributed by atoms with E-state index in [0.717, 1.165) is 0 Å². The fourth-order valence-corrected chi connectivity index (χ4v) is 1.80. The van der Waals surface area contributed by atoms with E-state index in [-0.39, 0.29) is 24.7 Å². The number of hydrogen-bond acceptors (Lipinski definition) is 4. The smallest absolute Gasteiger partial charge is 0.326 e. The minimum Gasteiger partial charge on any atom is -0.480 e. The van der Waals surface area contributed by atoms with Gasteiger partial charge in [0, 0.05) is 26.2 Å². The number of aryl methyl sites for hydroxylation is 1. The van der Waals surface area contributed by atoms with Crippen molar-refractivity contribution >= 4 is 17.8 Å². The zero-order valence-electron chi connectivity index (χ0n) is 12.3. The molecule has 0 aliphatic heterocycles. The van der Waals surface area contributed by atoms with Crippen LogP contribution in [0.15, 0.2) is 18.3 Å². The SMILES string of the molecule is CC(=O)NCCN(C(=O)c1ncccc1C)C(C)C(=O)O. The molecule has 1 atom stereocenters. The van der Waals surface area contributed by atoms with Crippen LogP contribution in [0.1, 0.15) is 29.9 Å². The van der Waals surface area contributed by atoms with E-state index >= 15 is 0 Å². The number of hydrogen-bond donors (Lipinski definition) is 2. The van der Waals surface area contributed by atoms with Gasteiger partial charge in [-0.25, -0.2) is 4.79 Å². The monoisotopic (exact) mass is 293 g/mol. The number of carboxylic acid groups (broad SMARTS) is 1. The van der Waals surface area contributed by atoms with Gasteiger partial charge in [-0.15, -0.1) is 0 Å². The zero-order chi connectivity index (χ0) is 16.0. The molecule has 0 fully saturated rings. The average Bonchev–Trinajstić information content (AvgIpc) is 2.42. The van der Waals surface area contributed by atoms with Gasteiger partial charge in [0.05, 0.1) is 0 Å². The van der Waals surface area contributed by atoms with Crippen molar-refractivity contribution in [3.63, 3.8) is 0 Å². The molecular formula is C14H19N3O4. The van der Waals surface area contributed by atoms with Crippen LogP contribution >= 0.6 is 0 Å². The predicted molar refractivity (Wildman–Crippen MR) is 75.8 cm³/mol. The van der Waals surface area contributed by atoms with E-state index in [1.54, 1.807) is 19.1 Å². The molecule has 0 saturated carbocycles. The number of pyridine rings is 1. The number of nitrogens with one attached hydrogen (secondary N) is 1. The summed E-state index contributed by atoms with van der Waals surface area (Å²) in [6, 6.07) is 2.43. The molecule has 1 rings (SSSR count). The van der Waals surface area contributed by atoms with E-state index < -0.39 is 17.9 Å². The normalized spacial score (nSPS) is 11.6. The fraction of sp³-hybridized carbons (Fsp3) is 0.429. The minimum atomic E-state index is -1.11. The third kappa shape index (κ3) is 4.55. The Hall–Kier alpha value is -2.44. The second-order valence-electron chi connectivity index (χ2n) is 4.66. The quantitative estimate of drug-likeness (QED) is 0.793. The number of carboxylic acids is 1. The van der Waals surface area contributed by atoms with Gasteiger partial charge in [0.25, 0.3) is 5.91 Å². The molecule has 7 nitrogen and oxygen atoms in total. The molecule has 2 amide bonds. The summed E-state index contributed by atoms with van der Waals surface area (Å²) in [5, 5.41) is 11.7. The number of nitrogens with zero attached hydrogens (tertiary/aromatic N) is 2. The highest BCUT2D eigenvalue weighted by atomic mass is 16.4. The van der Waals surface area contributed by atoms with Crippen LogP contribution in [-0.4, -0.2) is 51.9 Å². The maximum atomic E-state index is 12.5. The van der Waals surface area contributed by atoms with Crippen LogP contribution in [0.2, 0.25) is 0 Å². The maximum Gasteiger partial charge on any atom is 0.326 e. The molecule has 2 N–H and O–H groups in total. The summed E-state index contributed by atoms with van der Waals surface area (Å²) in [7, 11) is 0. The van der Waals surface area contributed by atoms with Crippen LogP contribution in [0.25, 0.3) is 0 Å². The second kappa shape index (κ2) is 7.37. The van der Waals surface area contributed by atoms with Gasteiger partial charge in [-0.3, -0.25) is 14.6 Å². The largest absolute Gasteiger partial charge is 0.480 e. The van der Waals surface area contributed by atoms with Crippen LogP contribution in [0, 0.1) is 6.92 Å².